The molecule has 0 spiro atoms. The van der Waals surface area contributed by atoms with Crippen molar-refractivity contribution in [2.75, 3.05) is 20.2 Å². The van der Waals surface area contributed by atoms with Crippen molar-refractivity contribution < 1.29 is 59.1 Å². The fraction of sp³-hybridized carbons (Fsp3) is 0.586. The van der Waals surface area contributed by atoms with Gasteiger partial charge < -0.3 is 54.2 Å². The lowest BCUT2D eigenvalue weighted by atomic mass is 10.1. The van der Waals surface area contributed by atoms with E-state index in [1.54, 1.807) is 0 Å². The van der Waals surface area contributed by atoms with Crippen LogP contribution in [0.3, 0.4) is 0 Å². The van der Waals surface area contributed by atoms with Crippen molar-refractivity contribution in [3.8, 4) is 0 Å². The second kappa shape index (κ2) is 29.2. The standard InChI is InChI=1S/C9H11NO2.C8H13NO6.2C6H14N2O2/c10-8(9(11)12)6-7-4-2-1-3-5-7;1-5(8(13)14)9(15-2)6(10)3-4-7(11)12;2*7-4-2-1-3-5(8)6(9)10/h1-5,8H,6,10H2,(H,11,12);5H,3-4H2,1-2H3,(H,11,12)(H,13,14);2*5H,1-4,7-8H2,(H,9,10)/t8-;3*5-/m0000/s1. The molecular formula is C29H52N6O12. The first-order valence-corrected chi connectivity index (χ1v) is 14.7. The minimum Gasteiger partial charge on any atom is -0.481 e. The topological polar surface area (TPSA) is 346 Å². The minimum absolute atomic E-state index is 0.291. The number of hydrogen-bond donors (Lipinski definition) is 10. The zero-order valence-electron chi connectivity index (χ0n) is 26.9. The lowest BCUT2D eigenvalue weighted by Gasteiger charge is -2.23. The minimum atomic E-state index is -1.22. The monoisotopic (exact) mass is 676 g/mol. The third-order valence-corrected chi connectivity index (χ3v) is 5.89. The average Bonchev–Trinajstić information content (AvgIpc) is 3.01. The molecule has 1 aromatic carbocycles. The molecule has 18 heteroatoms. The van der Waals surface area contributed by atoms with Crippen LogP contribution in [0.4, 0.5) is 0 Å². The summed E-state index contributed by atoms with van der Waals surface area (Å²) in [5, 5.41) is 42.8. The predicted molar refractivity (Wildman–Crippen MR) is 171 cm³/mol. The average molecular weight is 677 g/mol. The number of carboxylic acid groups (broad SMARTS) is 5. The molecule has 0 aliphatic carbocycles. The van der Waals surface area contributed by atoms with Crippen LogP contribution in [0.1, 0.15) is 63.9 Å². The van der Waals surface area contributed by atoms with E-state index in [-0.39, 0.29) is 12.8 Å². The van der Waals surface area contributed by atoms with Gasteiger partial charge in [0.15, 0.2) is 6.04 Å². The van der Waals surface area contributed by atoms with Crippen LogP contribution in [0.15, 0.2) is 30.3 Å². The molecule has 0 aliphatic rings. The number of nitrogens with two attached hydrogens (primary N) is 5. The number of carboxylic acids is 5. The van der Waals surface area contributed by atoms with Crippen LogP contribution in [0.25, 0.3) is 0 Å². The summed E-state index contributed by atoms with van der Waals surface area (Å²) in [6.45, 7) is 2.48. The quantitative estimate of drug-likeness (QED) is 0.0646. The van der Waals surface area contributed by atoms with E-state index in [0.29, 0.717) is 37.4 Å². The fourth-order valence-corrected chi connectivity index (χ4v) is 3.12. The first-order valence-electron chi connectivity index (χ1n) is 14.7. The van der Waals surface area contributed by atoms with Gasteiger partial charge in [-0.2, -0.15) is 0 Å². The van der Waals surface area contributed by atoms with Gasteiger partial charge in [-0.3, -0.25) is 28.8 Å². The summed E-state index contributed by atoms with van der Waals surface area (Å²) in [4.78, 5) is 67.3. The summed E-state index contributed by atoms with van der Waals surface area (Å²) in [7, 11) is 1.15. The number of carbonyl (C=O) groups is 6. The van der Waals surface area contributed by atoms with Crippen LogP contribution >= 0.6 is 0 Å². The van der Waals surface area contributed by atoms with Crippen LogP contribution in [0.2, 0.25) is 0 Å². The molecule has 0 radical (unpaired) electrons. The lowest BCUT2D eigenvalue weighted by Crippen LogP contribution is -2.42. The smallest absolute Gasteiger partial charge is 0.328 e. The number of carbonyl (C=O) groups excluding carboxylic acids is 1. The number of amides is 1. The van der Waals surface area contributed by atoms with Crippen molar-refractivity contribution in [2.24, 2.45) is 28.7 Å². The molecule has 0 saturated carbocycles. The number of unbranched alkanes of at least 4 members (excludes halogenated alkanes) is 2. The fourth-order valence-electron chi connectivity index (χ4n) is 3.12. The third-order valence-electron chi connectivity index (χ3n) is 5.89. The summed E-state index contributed by atoms with van der Waals surface area (Å²) in [5.74, 6) is -5.84. The van der Waals surface area contributed by atoms with Gasteiger partial charge in [0.2, 0.25) is 5.91 Å². The second-order valence-electron chi connectivity index (χ2n) is 9.90. The molecule has 47 heavy (non-hydrogen) atoms. The first kappa shape index (κ1) is 47.2. The van der Waals surface area contributed by atoms with Crippen LogP contribution in [-0.4, -0.2) is 111 Å². The Bertz CT molecular complexity index is 1020. The molecule has 1 amide bonds. The molecular weight excluding hydrogens is 624 g/mol. The van der Waals surface area contributed by atoms with E-state index in [1.165, 1.54) is 6.92 Å². The van der Waals surface area contributed by atoms with E-state index in [4.69, 9.17) is 54.2 Å². The van der Waals surface area contributed by atoms with E-state index in [2.05, 4.69) is 4.84 Å². The maximum Gasteiger partial charge on any atom is 0.328 e. The highest BCUT2D eigenvalue weighted by molar-refractivity contribution is 5.84. The van der Waals surface area contributed by atoms with Gasteiger partial charge in [0.25, 0.3) is 0 Å². The van der Waals surface area contributed by atoms with Gasteiger partial charge in [-0.25, -0.2) is 9.86 Å². The molecule has 270 valence electrons. The Hall–Kier alpha value is -4.20. The van der Waals surface area contributed by atoms with Gasteiger partial charge in [0.1, 0.15) is 18.1 Å². The van der Waals surface area contributed by atoms with Crippen molar-refractivity contribution in [3.05, 3.63) is 35.9 Å². The van der Waals surface area contributed by atoms with Gasteiger partial charge in [-0.05, 0) is 57.7 Å². The Kier molecular flexibility index (Phi) is 29.3. The maximum atomic E-state index is 11.3. The molecule has 0 aliphatic heterocycles. The molecule has 0 unspecified atom stereocenters. The third kappa shape index (κ3) is 27.8. The highest BCUT2D eigenvalue weighted by Crippen LogP contribution is 2.05. The number of rotatable bonds is 19. The van der Waals surface area contributed by atoms with E-state index >= 15 is 0 Å². The molecule has 1 rings (SSSR count). The largest absolute Gasteiger partial charge is 0.481 e. The van der Waals surface area contributed by atoms with Gasteiger partial charge in [0, 0.05) is 6.42 Å². The zero-order chi connectivity index (χ0) is 36.9. The van der Waals surface area contributed by atoms with E-state index in [0.717, 1.165) is 38.4 Å². The molecule has 15 N–H and O–H groups in total. The highest BCUT2D eigenvalue weighted by atomic mass is 16.7. The van der Waals surface area contributed by atoms with Crippen molar-refractivity contribution in [2.45, 2.75) is 88.9 Å². The summed E-state index contributed by atoms with van der Waals surface area (Å²) in [5.41, 5.74) is 27.1. The Labute approximate surface area is 273 Å². The Morgan fingerprint density at radius 3 is 1.43 bits per heavy atom. The Balaban J connectivity index is -0.000000557. The summed E-state index contributed by atoms with van der Waals surface area (Å²) in [6, 6.07) is 5.97. The second-order valence-corrected chi connectivity index (χ2v) is 9.90. The number of benzene rings is 1. The zero-order valence-corrected chi connectivity index (χ0v) is 26.9. The molecule has 0 bridgehead atoms. The number of hydroxylamine groups is 2. The van der Waals surface area contributed by atoms with Crippen LogP contribution < -0.4 is 28.7 Å². The number of nitrogens with zero attached hydrogens (tertiary/aromatic N) is 1. The molecule has 4 atom stereocenters. The van der Waals surface area contributed by atoms with E-state index in [1.807, 2.05) is 30.3 Å². The first-order chi connectivity index (χ1) is 22.0. The van der Waals surface area contributed by atoms with Gasteiger partial charge in [-0.1, -0.05) is 43.2 Å². The lowest BCUT2D eigenvalue weighted by molar-refractivity contribution is -0.195. The van der Waals surface area contributed by atoms with Crippen molar-refractivity contribution in [3.63, 3.8) is 0 Å². The number of hydrogen-bond acceptors (Lipinski definition) is 12. The molecule has 0 saturated heterocycles. The molecule has 0 fully saturated rings. The normalized spacial score (nSPS) is 12.5. The summed E-state index contributed by atoms with van der Waals surface area (Å²) >= 11 is 0. The van der Waals surface area contributed by atoms with Crippen molar-refractivity contribution >= 4 is 35.8 Å². The molecule has 0 heterocycles. The predicted octanol–water partition coefficient (Wildman–Crippen LogP) is -0.590. The number of aliphatic carboxylic acids is 5. The Morgan fingerprint density at radius 1 is 0.681 bits per heavy atom. The van der Waals surface area contributed by atoms with Crippen molar-refractivity contribution in [1.82, 2.24) is 5.06 Å². The summed E-state index contributed by atoms with van der Waals surface area (Å²) in [6.07, 6.45) is 4.07. The SMILES string of the molecule is CON(C(=O)CCC(=O)O)[C@@H](C)C(=O)O.NCCCC[C@H](N)C(=O)O.NCCCC[C@H](N)C(=O)O.N[C@@H](Cc1ccccc1)C(=O)O. The van der Waals surface area contributed by atoms with E-state index in [9.17, 15) is 28.8 Å². The van der Waals surface area contributed by atoms with Crippen molar-refractivity contribution in [1.29, 1.82) is 0 Å². The Morgan fingerprint density at radius 2 is 1.11 bits per heavy atom. The van der Waals surface area contributed by atoms with Crippen LogP contribution in [-0.2, 0) is 40.0 Å². The van der Waals surface area contributed by atoms with Gasteiger partial charge in [-0.15, -0.1) is 0 Å². The van der Waals surface area contributed by atoms with Crippen LogP contribution in [0.5, 0.6) is 0 Å². The maximum absolute atomic E-state index is 11.3. The molecule has 18 nitrogen and oxygen atoms in total. The van der Waals surface area contributed by atoms with Gasteiger partial charge in [0.05, 0.1) is 13.5 Å². The summed E-state index contributed by atoms with van der Waals surface area (Å²) < 4.78 is 0. The molecule has 1 aromatic rings. The molecule has 0 aromatic heterocycles. The van der Waals surface area contributed by atoms with Gasteiger partial charge >= 0.3 is 29.8 Å². The van der Waals surface area contributed by atoms with E-state index < -0.39 is 59.9 Å². The highest BCUT2D eigenvalue weighted by Gasteiger charge is 2.26. The van der Waals surface area contributed by atoms with Crippen LogP contribution in [0, 0.1) is 0 Å².